The highest BCUT2D eigenvalue weighted by atomic mass is 35.5. The highest BCUT2D eigenvalue weighted by Gasteiger charge is 2.44. The molecule has 3 N–H and O–H groups in total. The fraction of sp³-hybridized carbons (Fsp3) is 0.579. The van der Waals surface area contributed by atoms with Crippen LogP contribution in [0.1, 0.15) is 33.3 Å². The number of rotatable bonds is 4. The van der Waals surface area contributed by atoms with E-state index in [2.05, 4.69) is 45.3 Å². The van der Waals surface area contributed by atoms with Crippen molar-refractivity contribution < 1.29 is 9.22 Å². The van der Waals surface area contributed by atoms with Gasteiger partial charge in [0.05, 0.1) is 40.2 Å². The average molecular weight is 409 g/mol. The third kappa shape index (κ3) is 4.75. The van der Waals surface area contributed by atoms with Gasteiger partial charge in [-0.25, -0.2) is 0 Å². The molecule has 0 saturated carbocycles. The van der Waals surface area contributed by atoms with Crippen LogP contribution >= 0.6 is 11.6 Å². The van der Waals surface area contributed by atoms with Crippen molar-refractivity contribution in [2.24, 2.45) is 0 Å². The zero-order valence-electron chi connectivity index (χ0n) is 16.9. The molecule has 1 aromatic rings. The predicted octanol–water partition coefficient (Wildman–Crippen LogP) is 3.51. The smallest absolute Gasteiger partial charge is 0.217 e. The summed E-state index contributed by atoms with van der Waals surface area (Å²) in [5, 5.41) is 12.7. The molecule has 1 fully saturated rings. The molecule has 0 bridgehead atoms. The van der Waals surface area contributed by atoms with Crippen molar-refractivity contribution >= 4 is 37.2 Å². The first-order valence-electron chi connectivity index (χ1n) is 9.04. The Hall–Kier alpha value is -1.75. The Kier molecular flexibility index (Phi) is 6.15. The minimum absolute atomic E-state index is 0.0595. The summed E-state index contributed by atoms with van der Waals surface area (Å²) < 4.78 is 6.60. The fourth-order valence-corrected chi connectivity index (χ4v) is 4.55. The summed E-state index contributed by atoms with van der Waals surface area (Å²) in [7, 11) is -2.02. The van der Waals surface area contributed by atoms with Crippen LogP contribution in [0.4, 0.5) is 11.4 Å². The monoisotopic (exact) mass is 408 g/mol. The highest BCUT2D eigenvalue weighted by molar-refractivity contribution is 6.74. The number of benzene rings is 1. The number of nitrogens with one attached hydrogen (secondary N) is 1. The van der Waals surface area contributed by atoms with Gasteiger partial charge in [-0.1, -0.05) is 32.4 Å². The zero-order chi connectivity index (χ0) is 20.6. The van der Waals surface area contributed by atoms with Crippen molar-refractivity contribution in [3.05, 3.63) is 22.7 Å². The standard InChI is InChI=1S/C19H29ClN4O2Si/c1-12(25)23-15-10-24(11-17(15)26-27(5,6)19(2,3)4)16-8-13(9-21)7-14(22)18(16)20/h7-8,15,17H,10-11,22H2,1-6H3,(H,23,25)/t15-,17+/m1/s1. The molecule has 2 rings (SSSR count). The number of nitrogen functional groups attached to an aromatic ring is 1. The van der Waals surface area contributed by atoms with Gasteiger partial charge >= 0.3 is 0 Å². The summed E-state index contributed by atoms with van der Waals surface area (Å²) in [6.07, 6.45) is -0.155. The molecule has 6 nitrogen and oxygen atoms in total. The van der Waals surface area contributed by atoms with Crippen LogP contribution in [-0.4, -0.2) is 39.5 Å². The lowest BCUT2D eigenvalue weighted by Gasteiger charge is -2.39. The highest BCUT2D eigenvalue weighted by Crippen LogP contribution is 2.40. The predicted molar refractivity (Wildman–Crippen MR) is 112 cm³/mol. The number of carbonyl (C=O) groups excluding carboxylic acids is 1. The number of halogens is 1. The van der Waals surface area contributed by atoms with Crippen LogP contribution in [0.3, 0.4) is 0 Å². The second kappa shape index (κ2) is 7.70. The van der Waals surface area contributed by atoms with Crippen LogP contribution in [0.25, 0.3) is 0 Å². The summed E-state index contributed by atoms with van der Waals surface area (Å²) in [5.41, 5.74) is 7.49. The Morgan fingerprint density at radius 1 is 1.41 bits per heavy atom. The molecular formula is C19H29ClN4O2Si. The van der Waals surface area contributed by atoms with E-state index in [1.54, 1.807) is 12.1 Å². The average Bonchev–Trinajstić information content (AvgIpc) is 2.89. The summed E-state index contributed by atoms with van der Waals surface area (Å²) in [6.45, 7) is 13.6. The first-order chi connectivity index (χ1) is 12.4. The van der Waals surface area contributed by atoms with Gasteiger partial charge in [0.25, 0.3) is 0 Å². The largest absolute Gasteiger partial charge is 0.410 e. The second-order valence-corrected chi connectivity index (χ2v) is 13.8. The molecular weight excluding hydrogens is 380 g/mol. The van der Waals surface area contributed by atoms with Gasteiger partial charge in [-0.2, -0.15) is 5.26 Å². The number of nitrogens with zero attached hydrogens (tertiary/aromatic N) is 2. The number of carbonyl (C=O) groups is 1. The number of anilines is 2. The van der Waals surface area contributed by atoms with E-state index in [9.17, 15) is 10.1 Å². The summed E-state index contributed by atoms with van der Waals surface area (Å²) in [4.78, 5) is 13.7. The van der Waals surface area contributed by atoms with E-state index in [1.165, 1.54) is 6.92 Å². The molecule has 0 aromatic heterocycles. The van der Waals surface area contributed by atoms with Gasteiger partial charge < -0.3 is 20.4 Å². The minimum Gasteiger partial charge on any atom is -0.410 e. The quantitative estimate of drug-likeness (QED) is 0.587. The van der Waals surface area contributed by atoms with Crippen LogP contribution in [0, 0.1) is 11.3 Å². The maximum absolute atomic E-state index is 11.7. The molecule has 27 heavy (non-hydrogen) atoms. The van der Waals surface area contributed by atoms with Gasteiger partial charge in [0, 0.05) is 20.0 Å². The molecule has 1 aliphatic heterocycles. The molecule has 0 radical (unpaired) electrons. The van der Waals surface area contributed by atoms with Gasteiger partial charge in [0.15, 0.2) is 8.32 Å². The molecule has 2 atom stereocenters. The van der Waals surface area contributed by atoms with Crippen LogP contribution in [0.15, 0.2) is 12.1 Å². The molecule has 1 heterocycles. The molecule has 148 valence electrons. The second-order valence-electron chi connectivity index (χ2n) is 8.64. The molecule has 1 aliphatic rings. The van der Waals surface area contributed by atoms with E-state index in [1.807, 2.05) is 4.90 Å². The van der Waals surface area contributed by atoms with E-state index in [-0.39, 0.29) is 23.1 Å². The first kappa shape index (κ1) is 21.5. The van der Waals surface area contributed by atoms with E-state index >= 15 is 0 Å². The zero-order valence-corrected chi connectivity index (χ0v) is 18.6. The Morgan fingerprint density at radius 2 is 2.04 bits per heavy atom. The number of nitrogens with two attached hydrogens (primary N) is 1. The van der Waals surface area contributed by atoms with Gasteiger partial charge in [-0.05, 0) is 30.3 Å². The van der Waals surface area contributed by atoms with Crippen molar-refractivity contribution in [1.82, 2.24) is 5.32 Å². The van der Waals surface area contributed by atoms with E-state index < -0.39 is 8.32 Å². The summed E-state index contributed by atoms with van der Waals surface area (Å²) in [6, 6.07) is 5.26. The van der Waals surface area contributed by atoms with Crippen LogP contribution in [-0.2, 0) is 9.22 Å². The maximum Gasteiger partial charge on any atom is 0.217 e. The molecule has 0 aliphatic carbocycles. The van der Waals surface area contributed by atoms with Gasteiger partial charge in [-0.3, -0.25) is 4.79 Å². The summed E-state index contributed by atoms with van der Waals surface area (Å²) >= 11 is 6.41. The Bertz CT molecular complexity index is 770. The van der Waals surface area contributed by atoms with Gasteiger partial charge in [-0.15, -0.1) is 0 Å². The van der Waals surface area contributed by atoms with E-state index in [0.717, 1.165) is 0 Å². The molecule has 1 saturated heterocycles. The van der Waals surface area contributed by atoms with Crippen LogP contribution in [0.2, 0.25) is 23.2 Å². The number of hydrogen-bond acceptors (Lipinski definition) is 5. The van der Waals surface area contributed by atoms with Crippen LogP contribution in [0.5, 0.6) is 0 Å². The third-order valence-corrected chi connectivity index (χ3v) is 10.4. The lowest BCUT2D eigenvalue weighted by atomic mass is 10.1. The third-order valence-electron chi connectivity index (χ3n) is 5.46. The van der Waals surface area contributed by atoms with Crippen molar-refractivity contribution in [2.45, 2.75) is 58.0 Å². The topological polar surface area (TPSA) is 91.4 Å². The Labute approximate surface area is 167 Å². The normalized spacial score (nSPS) is 20.4. The Morgan fingerprint density at radius 3 is 2.56 bits per heavy atom. The fourth-order valence-electron chi connectivity index (χ4n) is 2.97. The molecule has 0 spiro atoms. The number of hydrogen-bond donors (Lipinski definition) is 2. The van der Waals surface area contributed by atoms with Crippen molar-refractivity contribution in [3.8, 4) is 6.07 Å². The van der Waals surface area contributed by atoms with E-state index in [4.69, 9.17) is 21.8 Å². The van der Waals surface area contributed by atoms with Gasteiger partial charge in [0.1, 0.15) is 0 Å². The lowest BCUT2D eigenvalue weighted by Crippen LogP contribution is -2.50. The van der Waals surface area contributed by atoms with E-state index in [0.29, 0.717) is 35.1 Å². The number of amides is 1. The number of nitriles is 1. The van der Waals surface area contributed by atoms with Crippen molar-refractivity contribution in [2.75, 3.05) is 23.7 Å². The minimum atomic E-state index is -2.02. The molecule has 0 unspecified atom stereocenters. The molecule has 1 aromatic carbocycles. The first-order valence-corrected chi connectivity index (χ1v) is 12.3. The summed E-state index contributed by atoms with van der Waals surface area (Å²) in [5.74, 6) is -0.0953. The Balaban J connectivity index is 2.34. The lowest BCUT2D eigenvalue weighted by molar-refractivity contribution is -0.120. The maximum atomic E-state index is 11.7. The van der Waals surface area contributed by atoms with Crippen molar-refractivity contribution in [3.63, 3.8) is 0 Å². The molecule has 8 heteroatoms. The van der Waals surface area contributed by atoms with Gasteiger partial charge in [0.2, 0.25) is 5.91 Å². The van der Waals surface area contributed by atoms with Crippen LogP contribution < -0.4 is 16.0 Å². The van der Waals surface area contributed by atoms with Crippen molar-refractivity contribution in [1.29, 1.82) is 5.26 Å². The SMILES string of the molecule is CC(=O)N[C@@H]1CN(c2cc(C#N)cc(N)c2Cl)C[C@@H]1O[Si](C)(C)C(C)(C)C. The molecule has 1 amide bonds.